The predicted octanol–water partition coefficient (Wildman–Crippen LogP) is 3.56. The highest BCUT2D eigenvalue weighted by Gasteiger charge is 2.18. The van der Waals surface area contributed by atoms with Crippen LogP contribution in [0, 0.1) is 0 Å². The molecule has 0 saturated carbocycles. The molecular weight excluding hydrogens is 304 g/mol. The molecule has 0 radical (unpaired) electrons. The molecule has 24 heavy (non-hydrogen) atoms. The molecule has 1 aliphatic heterocycles. The van der Waals surface area contributed by atoms with Crippen molar-refractivity contribution in [1.29, 1.82) is 0 Å². The summed E-state index contributed by atoms with van der Waals surface area (Å²) in [6.07, 6.45) is 7.84. The molecule has 0 aliphatic carbocycles. The van der Waals surface area contributed by atoms with Gasteiger partial charge in [0.1, 0.15) is 5.76 Å². The highest BCUT2D eigenvalue weighted by molar-refractivity contribution is 6.03. The van der Waals surface area contributed by atoms with Gasteiger partial charge in [-0.1, -0.05) is 6.07 Å². The summed E-state index contributed by atoms with van der Waals surface area (Å²) in [4.78, 5) is 26.3. The number of hydrogen-bond acceptors (Lipinski definition) is 3. The van der Waals surface area contributed by atoms with Crippen molar-refractivity contribution in [2.75, 3.05) is 18.4 Å². The van der Waals surface area contributed by atoms with Crippen molar-refractivity contribution >= 4 is 23.6 Å². The van der Waals surface area contributed by atoms with E-state index >= 15 is 0 Å². The number of carbonyl (C=O) groups is 2. The van der Waals surface area contributed by atoms with Crippen molar-refractivity contribution < 1.29 is 14.0 Å². The largest absolute Gasteiger partial charge is 0.465 e. The molecule has 2 aromatic rings. The molecule has 5 nitrogen and oxygen atoms in total. The lowest BCUT2D eigenvalue weighted by Crippen LogP contribution is -2.35. The summed E-state index contributed by atoms with van der Waals surface area (Å²) in [5.41, 5.74) is 1.21. The van der Waals surface area contributed by atoms with Gasteiger partial charge in [0.25, 0.3) is 5.91 Å². The second-order valence-corrected chi connectivity index (χ2v) is 5.77. The zero-order valence-corrected chi connectivity index (χ0v) is 13.4. The Morgan fingerprint density at radius 3 is 2.67 bits per heavy atom. The van der Waals surface area contributed by atoms with Crippen LogP contribution in [-0.2, 0) is 4.79 Å². The predicted molar refractivity (Wildman–Crippen MR) is 92.6 cm³/mol. The molecule has 124 valence electrons. The molecule has 2 heterocycles. The molecular formula is C19H20N2O3. The maximum absolute atomic E-state index is 12.5. The fourth-order valence-electron chi connectivity index (χ4n) is 2.74. The average molecular weight is 324 g/mol. The van der Waals surface area contributed by atoms with Crippen molar-refractivity contribution in [1.82, 2.24) is 4.90 Å². The first-order valence-corrected chi connectivity index (χ1v) is 8.14. The number of anilines is 1. The zero-order chi connectivity index (χ0) is 16.8. The number of carbonyl (C=O) groups excluding carboxylic acids is 2. The van der Waals surface area contributed by atoms with Crippen LogP contribution in [0.1, 0.15) is 35.4 Å². The van der Waals surface area contributed by atoms with Gasteiger partial charge in [-0.3, -0.25) is 9.59 Å². The molecule has 3 rings (SSSR count). The smallest absolute Gasteiger partial charge is 0.253 e. The van der Waals surface area contributed by atoms with E-state index in [-0.39, 0.29) is 11.8 Å². The number of amides is 2. The molecule has 1 aromatic carbocycles. The van der Waals surface area contributed by atoms with Gasteiger partial charge in [0.2, 0.25) is 5.91 Å². The van der Waals surface area contributed by atoms with Gasteiger partial charge in [0.05, 0.1) is 6.26 Å². The first-order valence-electron chi connectivity index (χ1n) is 8.14. The minimum atomic E-state index is -0.269. The third kappa shape index (κ3) is 4.13. The number of rotatable bonds is 4. The van der Waals surface area contributed by atoms with Gasteiger partial charge >= 0.3 is 0 Å². The number of hydrogen-bond donors (Lipinski definition) is 1. The third-order valence-corrected chi connectivity index (χ3v) is 3.96. The maximum atomic E-state index is 12.5. The Morgan fingerprint density at radius 2 is 1.92 bits per heavy atom. The Balaban J connectivity index is 1.64. The van der Waals surface area contributed by atoms with Gasteiger partial charge in [-0.05, 0) is 55.7 Å². The lowest BCUT2D eigenvalue weighted by atomic mass is 10.1. The minimum absolute atomic E-state index is 0.0249. The number of piperidine rings is 1. The van der Waals surface area contributed by atoms with E-state index < -0.39 is 0 Å². The number of furan rings is 1. The summed E-state index contributed by atoms with van der Waals surface area (Å²) in [6.45, 7) is 1.61. The summed E-state index contributed by atoms with van der Waals surface area (Å²) in [6, 6.07) is 10.6. The molecule has 1 saturated heterocycles. The Kier molecular flexibility index (Phi) is 5.11. The van der Waals surface area contributed by atoms with E-state index in [1.807, 2.05) is 4.90 Å². The summed E-state index contributed by atoms with van der Waals surface area (Å²) >= 11 is 0. The lowest BCUT2D eigenvalue weighted by Gasteiger charge is -2.26. The maximum Gasteiger partial charge on any atom is 0.253 e. The molecule has 1 fully saturated rings. The molecule has 1 aromatic heterocycles. The molecule has 0 atom stereocenters. The van der Waals surface area contributed by atoms with Crippen molar-refractivity contribution in [3.8, 4) is 0 Å². The van der Waals surface area contributed by atoms with Gasteiger partial charge < -0.3 is 14.6 Å². The summed E-state index contributed by atoms with van der Waals surface area (Å²) in [5.74, 6) is 0.366. The molecule has 1 aliphatic rings. The monoisotopic (exact) mass is 324 g/mol. The standard InChI is InChI=1S/C19H20N2O3/c22-18(10-9-17-8-5-13-24-17)20-16-7-4-6-15(14-16)19(23)21-11-2-1-3-12-21/h4-10,13-14H,1-3,11-12H2,(H,20,22). The highest BCUT2D eigenvalue weighted by Crippen LogP contribution is 2.16. The molecule has 0 unspecified atom stereocenters. The van der Waals surface area contributed by atoms with E-state index in [1.165, 1.54) is 12.5 Å². The van der Waals surface area contributed by atoms with Gasteiger partial charge in [-0.2, -0.15) is 0 Å². The Morgan fingerprint density at radius 1 is 1.08 bits per heavy atom. The normalized spacial score (nSPS) is 14.8. The molecule has 1 N–H and O–H groups in total. The first kappa shape index (κ1) is 16.1. The van der Waals surface area contributed by atoms with E-state index in [0.29, 0.717) is 17.0 Å². The van der Waals surface area contributed by atoms with Crippen LogP contribution < -0.4 is 5.32 Å². The van der Waals surface area contributed by atoms with Crippen LogP contribution in [-0.4, -0.2) is 29.8 Å². The van der Waals surface area contributed by atoms with Gasteiger partial charge in [0.15, 0.2) is 0 Å². The highest BCUT2D eigenvalue weighted by atomic mass is 16.3. The quantitative estimate of drug-likeness (QED) is 0.875. The molecule has 0 bridgehead atoms. The lowest BCUT2D eigenvalue weighted by molar-refractivity contribution is -0.111. The number of nitrogens with zero attached hydrogens (tertiary/aromatic N) is 1. The Hall–Kier alpha value is -2.82. The van der Waals surface area contributed by atoms with Crippen LogP contribution in [0.25, 0.3) is 6.08 Å². The van der Waals surface area contributed by atoms with E-state index in [2.05, 4.69) is 5.32 Å². The van der Waals surface area contributed by atoms with E-state index in [1.54, 1.807) is 48.7 Å². The fourth-order valence-corrected chi connectivity index (χ4v) is 2.74. The van der Waals surface area contributed by atoms with Crippen LogP contribution in [0.15, 0.2) is 53.2 Å². The SMILES string of the molecule is O=C(C=Cc1ccco1)Nc1cccc(C(=O)N2CCCCC2)c1. The van der Waals surface area contributed by atoms with Gasteiger partial charge in [0, 0.05) is 30.4 Å². The van der Waals surface area contributed by atoms with Crippen LogP contribution in [0.3, 0.4) is 0 Å². The molecule has 0 spiro atoms. The van der Waals surface area contributed by atoms with Crippen molar-refractivity contribution in [3.63, 3.8) is 0 Å². The summed E-state index contributed by atoms with van der Waals surface area (Å²) < 4.78 is 5.13. The number of benzene rings is 1. The third-order valence-electron chi connectivity index (χ3n) is 3.96. The average Bonchev–Trinajstić information content (AvgIpc) is 3.14. The second kappa shape index (κ2) is 7.64. The van der Waals surface area contributed by atoms with E-state index in [4.69, 9.17) is 4.42 Å². The topological polar surface area (TPSA) is 62.6 Å². The molecule has 2 amide bonds. The second-order valence-electron chi connectivity index (χ2n) is 5.77. The Labute approximate surface area is 141 Å². The Bertz CT molecular complexity index is 729. The fraction of sp³-hybridized carbons (Fsp3) is 0.263. The minimum Gasteiger partial charge on any atom is -0.465 e. The molecule has 5 heteroatoms. The van der Waals surface area contributed by atoms with Crippen molar-refractivity contribution in [2.45, 2.75) is 19.3 Å². The van der Waals surface area contributed by atoms with Gasteiger partial charge in [-0.25, -0.2) is 0 Å². The van der Waals surface area contributed by atoms with Crippen LogP contribution in [0.4, 0.5) is 5.69 Å². The van der Waals surface area contributed by atoms with E-state index in [9.17, 15) is 9.59 Å². The van der Waals surface area contributed by atoms with Crippen molar-refractivity contribution in [2.24, 2.45) is 0 Å². The number of nitrogens with one attached hydrogen (secondary N) is 1. The van der Waals surface area contributed by atoms with Crippen LogP contribution in [0.5, 0.6) is 0 Å². The van der Waals surface area contributed by atoms with Crippen molar-refractivity contribution in [3.05, 3.63) is 60.1 Å². The van der Waals surface area contributed by atoms with Gasteiger partial charge in [-0.15, -0.1) is 0 Å². The van der Waals surface area contributed by atoms with Crippen LogP contribution in [0.2, 0.25) is 0 Å². The number of likely N-dealkylation sites (tertiary alicyclic amines) is 1. The van der Waals surface area contributed by atoms with Crippen LogP contribution >= 0.6 is 0 Å². The zero-order valence-electron chi connectivity index (χ0n) is 13.4. The summed E-state index contributed by atoms with van der Waals surface area (Å²) in [5, 5.41) is 2.76. The summed E-state index contributed by atoms with van der Waals surface area (Å²) in [7, 11) is 0. The first-order chi connectivity index (χ1) is 11.7. The van der Waals surface area contributed by atoms with E-state index in [0.717, 1.165) is 25.9 Å².